The van der Waals surface area contributed by atoms with Gasteiger partial charge in [-0.25, -0.2) is 0 Å². The molecule has 0 bridgehead atoms. The highest BCUT2D eigenvalue weighted by molar-refractivity contribution is 5.78. The summed E-state index contributed by atoms with van der Waals surface area (Å²) in [5, 5.41) is 11.8. The van der Waals surface area contributed by atoms with Gasteiger partial charge in [0.25, 0.3) is 0 Å². The van der Waals surface area contributed by atoms with Gasteiger partial charge in [-0.15, -0.1) is 0 Å². The van der Waals surface area contributed by atoms with Crippen LogP contribution in [0.1, 0.15) is 46.0 Å². The number of rotatable bonds is 9. The van der Waals surface area contributed by atoms with Gasteiger partial charge in [0, 0.05) is 13.1 Å². The van der Waals surface area contributed by atoms with Crippen LogP contribution in [0.25, 0.3) is 0 Å². The predicted molar refractivity (Wildman–Crippen MR) is 83.1 cm³/mol. The lowest BCUT2D eigenvalue weighted by molar-refractivity contribution is -0.142. The first kappa shape index (κ1) is 17.7. The lowest BCUT2D eigenvalue weighted by atomic mass is 9.97. The van der Waals surface area contributed by atoms with E-state index >= 15 is 0 Å². The van der Waals surface area contributed by atoms with Crippen molar-refractivity contribution in [3.63, 3.8) is 0 Å². The number of carbonyl (C=O) groups is 2. The van der Waals surface area contributed by atoms with Crippen LogP contribution < -0.4 is 5.32 Å². The third-order valence-electron chi connectivity index (χ3n) is 3.92. The quantitative estimate of drug-likeness (QED) is 0.639. The number of hydrogen-bond acceptors (Lipinski definition) is 3. The Labute approximate surface area is 127 Å². The summed E-state index contributed by atoms with van der Waals surface area (Å²) in [6.45, 7) is 5.64. The Balaban J connectivity index is 2.24. The molecule has 0 saturated heterocycles. The fraction of sp³-hybridized carbons (Fsp3) is 0.750. The van der Waals surface area contributed by atoms with Crippen molar-refractivity contribution in [2.24, 2.45) is 5.92 Å². The second-order valence-electron chi connectivity index (χ2n) is 5.78. The van der Waals surface area contributed by atoms with Crippen LogP contribution in [0, 0.1) is 5.92 Å². The van der Waals surface area contributed by atoms with E-state index in [0.717, 1.165) is 12.8 Å². The summed E-state index contributed by atoms with van der Waals surface area (Å²) in [5.74, 6) is -1.30. The topological polar surface area (TPSA) is 69.6 Å². The molecule has 0 spiro atoms. The molecule has 0 fully saturated rings. The van der Waals surface area contributed by atoms with Crippen molar-refractivity contribution in [3.05, 3.63) is 11.6 Å². The molecule has 21 heavy (non-hydrogen) atoms. The molecule has 120 valence electrons. The average Bonchev–Trinajstić information content (AvgIpc) is 2.47. The van der Waals surface area contributed by atoms with E-state index in [1.807, 2.05) is 11.8 Å². The van der Waals surface area contributed by atoms with Gasteiger partial charge in [0.1, 0.15) is 0 Å². The molecule has 0 aromatic carbocycles. The van der Waals surface area contributed by atoms with E-state index in [9.17, 15) is 9.59 Å². The maximum absolute atomic E-state index is 11.9. The molecule has 5 nitrogen and oxygen atoms in total. The normalized spacial score (nSPS) is 16.4. The Hall–Kier alpha value is -1.36. The molecule has 2 N–H and O–H groups in total. The molecule has 1 unspecified atom stereocenters. The SMILES string of the molecule is CCN(CC(=O)NCCC1=CCCCC1)CC(C)C(=O)O. The summed E-state index contributed by atoms with van der Waals surface area (Å²) in [5.41, 5.74) is 1.45. The second kappa shape index (κ2) is 9.55. The van der Waals surface area contributed by atoms with Crippen molar-refractivity contribution in [2.75, 3.05) is 26.2 Å². The Kier molecular flexibility index (Phi) is 8.05. The molecule has 1 rings (SSSR count). The number of nitrogens with one attached hydrogen (secondary N) is 1. The van der Waals surface area contributed by atoms with Gasteiger partial charge in [-0.05, 0) is 38.6 Å². The predicted octanol–water partition coefficient (Wildman–Crippen LogP) is 2.04. The van der Waals surface area contributed by atoms with Crippen LogP contribution in [-0.2, 0) is 9.59 Å². The molecule has 5 heteroatoms. The fourth-order valence-corrected chi connectivity index (χ4v) is 2.52. The smallest absolute Gasteiger partial charge is 0.307 e. The van der Waals surface area contributed by atoms with Crippen LogP contribution >= 0.6 is 0 Å². The van der Waals surface area contributed by atoms with Crippen molar-refractivity contribution >= 4 is 11.9 Å². The van der Waals surface area contributed by atoms with Crippen LogP contribution in [0.5, 0.6) is 0 Å². The molecule has 1 aliphatic rings. The molecule has 1 atom stereocenters. The molecule has 0 radical (unpaired) electrons. The zero-order valence-electron chi connectivity index (χ0n) is 13.2. The number of nitrogens with zero attached hydrogens (tertiary/aromatic N) is 1. The van der Waals surface area contributed by atoms with Gasteiger partial charge in [-0.1, -0.05) is 25.5 Å². The van der Waals surface area contributed by atoms with Gasteiger partial charge >= 0.3 is 5.97 Å². The van der Waals surface area contributed by atoms with E-state index in [1.165, 1.54) is 24.8 Å². The van der Waals surface area contributed by atoms with Gasteiger partial charge in [-0.3, -0.25) is 14.5 Å². The van der Waals surface area contributed by atoms with Crippen molar-refractivity contribution < 1.29 is 14.7 Å². The molecule has 0 aliphatic heterocycles. The first-order chi connectivity index (χ1) is 10.0. The average molecular weight is 296 g/mol. The number of carboxylic acid groups (broad SMARTS) is 1. The zero-order chi connectivity index (χ0) is 15.7. The first-order valence-corrected chi connectivity index (χ1v) is 7.92. The van der Waals surface area contributed by atoms with Crippen molar-refractivity contribution in [1.82, 2.24) is 10.2 Å². The van der Waals surface area contributed by atoms with Crippen LogP contribution in [0.3, 0.4) is 0 Å². The number of hydrogen-bond donors (Lipinski definition) is 2. The molecule has 1 aliphatic carbocycles. The minimum atomic E-state index is -0.821. The molecule has 1 amide bonds. The number of carboxylic acids is 1. The zero-order valence-corrected chi connectivity index (χ0v) is 13.2. The monoisotopic (exact) mass is 296 g/mol. The lowest BCUT2D eigenvalue weighted by Crippen LogP contribution is -2.40. The maximum atomic E-state index is 11.9. The van der Waals surface area contributed by atoms with Crippen LogP contribution in [0.2, 0.25) is 0 Å². The summed E-state index contributed by atoms with van der Waals surface area (Å²) >= 11 is 0. The van der Waals surface area contributed by atoms with E-state index in [1.54, 1.807) is 6.92 Å². The Bertz CT molecular complexity index is 380. The van der Waals surface area contributed by atoms with E-state index in [-0.39, 0.29) is 12.5 Å². The van der Waals surface area contributed by atoms with E-state index in [0.29, 0.717) is 19.6 Å². The summed E-state index contributed by atoms with van der Waals surface area (Å²) in [6.07, 6.45) is 8.10. The summed E-state index contributed by atoms with van der Waals surface area (Å²) < 4.78 is 0. The highest BCUT2D eigenvalue weighted by Gasteiger charge is 2.17. The number of likely N-dealkylation sites (N-methyl/N-ethyl adjacent to an activating group) is 1. The fourth-order valence-electron chi connectivity index (χ4n) is 2.52. The number of allylic oxidation sites excluding steroid dienone is 1. The van der Waals surface area contributed by atoms with Gasteiger partial charge in [0.05, 0.1) is 12.5 Å². The summed E-state index contributed by atoms with van der Waals surface area (Å²) in [4.78, 5) is 24.6. The highest BCUT2D eigenvalue weighted by Crippen LogP contribution is 2.19. The lowest BCUT2D eigenvalue weighted by Gasteiger charge is -2.22. The highest BCUT2D eigenvalue weighted by atomic mass is 16.4. The third kappa shape index (κ3) is 7.27. The summed E-state index contributed by atoms with van der Waals surface area (Å²) in [7, 11) is 0. The third-order valence-corrected chi connectivity index (χ3v) is 3.92. The van der Waals surface area contributed by atoms with E-state index < -0.39 is 11.9 Å². The molecular weight excluding hydrogens is 268 g/mol. The van der Waals surface area contributed by atoms with Crippen LogP contribution in [0.4, 0.5) is 0 Å². The number of aliphatic carboxylic acids is 1. The number of amides is 1. The first-order valence-electron chi connectivity index (χ1n) is 7.92. The van der Waals surface area contributed by atoms with Gasteiger partial charge in [0.2, 0.25) is 5.91 Å². The largest absolute Gasteiger partial charge is 0.481 e. The molecule has 0 aromatic rings. The van der Waals surface area contributed by atoms with Crippen LogP contribution in [0.15, 0.2) is 11.6 Å². The maximum Gasteiger partial charge on any atom is 0.307 e. The standard InChI is InChI=1S/C16H28N2O3/c1-3-18(11-13(2)16(20)21)12-15(19)17-10-9-14-7-5-4-6-8-14/h7,13H,3-6,8-12H2,1-2H3,(H,17,19)(H,20,21). The van der Waals surface area contributed by atoms with Crippen molar-refractivity contribution in [3.8, 4) is 0 Å². The van der Waals surface area contributed by atoms with Gasteiger partial charge in [0.15, 0.2) is 0 Å². The second-order valence-corrected chi connectivity index (χ2v) is 5.78. The molecule has 0 aromatic heterocycles. The molecule has 0 heterocycles. The molecule has 0 saturated carbocycles. The Morgan fingerprint density at radius 1 is 1.43 bits per heavy atom. The number of carbonyl (C=O) groups excluding carboxylic acids is 1. The minimum absolute atomic E-state index is 0.0224. The van der Waals surface area contributed by atoms with Gasteiger partial charge in [-0.2, -0.15) is 0 Å². The van der Waals surface area contributed by atoms with Crippen LogP contribution in [-0.4, -0.2) is 48.1 Å². The van der Waals surface area contributed by atoms with Crippen molar-refractivity contribution in [1.29, 1.82) is 0 Å². The molecular formula is C16H28N2O3. The van der Waals surface area contributed by atoms with E-state index in [4.69, 9.17) is 5.11 Å². The van der Waals surface area contributed by atoms with Gasteiger partial charge < -0.3 is 10.4 Å². The summed E-state index contributed by atoms with van der Waals surface area (Å²) in [6, 6.07) is 0. The Morgan fingerprint density at radius 3 is 2.76 bits per heavy atom. The minimum Gasteiger partial charge on any atom is -0.481 e. The van der Waals surface area contributed by atoms with E-state index in [2.05, 4.69) is 11.4 Å². The Morgan fingerprint density at radius 2 is 2.19 bits per heavy atom. The van der Waals surface area contributed by atoms with Crippen molar-refractivity contribution in [2.45, 2.75) is 46.0 Å².